The van der Waals surface area contributed by atoms with Gasteiger partial charge in [-0.3, -0.25) is 9.59 Å². The number of nitrogens with zero attached hydrogens (tertiary/aromatic N) is 1. The van der Waals surface area contributed by atoms with Gasteiger partial charge in [0.25, 0.3) is 0 Å². The fraction of sp³-hybridized carbons (Fsp3) is 0.300. The van der Waals surface area contributed by atoms with E-state index in [2.05, 4.69) is 5.32 Å². The van der Waals surface area contributed by atoms with E-state index in [1.807, 2.05) is 24.3 Å². The number of carbonyl (C=O) groups is 2. The number of thioether (sulfide) groups is 1. The first-order valence-corrected chi connectivity index (χ1v) is 10.9. The molecule has 1 unspecified atom stereocenters. The Morgan fingerprint density at radius 3 is 2.43 bits per heavy atom. The van der Waals surface area contributed by atoms with E-state index in [-0.39, 0.29) is 24.1 Å². The van der Waals surface area contributed by atoms with Gasteiger partial charge in [-0.2, -0.15) is 0 Å². The maximum atomic E-state index is 12.9. The number of rotatable bonds is 8. The first-order valence-electron chi connectivity index (χ1n) is 8.59. The zero-order chi connectivity index (χ0) is 20.7. The van der Waals surface area contributed by atoms with Crippen LogP contribution in [0.5, 0.6) is 0 Å². The van der Waals surface area contributed by atoms with E-state index in [0.29, 0.717) is 20.8 Å². The summed E-state index contributed by atoms with van der Waals surface area (Å²) >= 11 is 19.6. The van der Waals surface area contributed by atoms with Crippen LogP contribution < -0.4 is 5.32 Å². The van der Waals surface area contributed by atoms with Crippen molar-refractivity contribution in [2.75, 3.05) is 12.8 Å². The minimum atomic E-state index is -0.612. The molecular formula is C20H21Cl3N2O2S. The average Bonchev–Trinajstić information content (AvgIpc) is 2.68. The van der Waals surface area contributed by atoms with Crippen LogP contribution in [-0.2, 0) is 21.9 Å². The maximum Gasteiger partial charge on any atom is 0.242 e. The molecular weight excluding hydrogens is 439 g/mol. The largest absolute Gasteiger partial charge is 0.357 e. The third-order valence-corrected chi connectivity index (χ3v) is 6.29. The van der Waals surface area contributed by atoms with Gasteiger partial charge >= 0.3 is 0 Å². The molecule has 0 radical (unpaired) electrons. The van der Waals surface area contributed by atoms with Gasteiger partial charge in [0.2, 0.25) is 11.8 Å². The second kappa shape index (κ2) is 11.0. The first-order chi connectivity index (χ1) is 13.3. The van der Waals surface area contributed by atoms with Crippen LogP contribution in [0, 0.1) is 0 Å². The number of hydrogen-bond donors (Lipinski definition) is 1. The van der Waals surface area contributed by atoms with Crippen molar-refractivity contribution in [3.8, 4) is 0 Å². The Balaban J connectivity index is 2.06. The maximum absolute atomic E-state index is 12.9. The lowest BCUT2D eigenvalue weighted by molar-refractivity contribution is -0.138. The highest BCUT2D eigenvalue weighted by Crippen LogP contribution is 2.25. The van der Waals surface area contributed by atoms with Gasteiger partial charge in [0.15, 0.2) is 0 Å². The van der Waals surface area contributed by atoms with E-state index >= 15 is 0 Å². The van der Waals surface area contributed by atoms with Crippen molar-refractivity contribution < 1.29 is 9.59 Å². The fourth-order valence-electron chi connectivity index (χ4n) is 2.57. The summed E-state index contributed by atoms with van der Waals surface area (Å²) in [4.78, 5) is 26.5. The summed E-state index contributed by atoms with van der Waals surface area (Å²) in [6, 6.07) is 12.1. The molecule has 2 aromatic rings. The van der Waals surface area contributed by atoms with Gasteiger partial charge < -0.3 is 10.2 Å². The number of likely N-dealkylation sites (N-methyl/N-ethyl adjacent to an activating group) is 1. The number of nitrogens with one attached hydrogen (secondary N) is 1. The van der Waals surface area contributed by atoms with Crippen molar-refractivity contribution in [2.45, 2.75) is 25.3 Å². The molecule has 1 atom stereocenters. The van der Waals surface area contributed by atoms with Gasteiger partial charge in [-0.25, -0.2) is 0 Å². The Hall–Kier alpha value is -1.40. The van der Waals surface area contributed by atoms with Gasteiger partial charge in [0, 0.05) is 24.4 Å². The number of hydrogen-bond acceptors (Lipinski definition) is 3. The standard InChI is InChI=1S/C20H21Cl3N2O2S/c1-13(20(27)24-2)25(10-15-5-3-4-6-16(15)21)19(26)12-28-11-14-7-8-17(22)18(23)9-14/h3-9,13H,10-12H2,1-2H3,(H,24,27). The van der Waals surface area contributed by atoms with E-state index in [0.717, 1.165) is 11.1 Å². The summed E-state index contributed by atoms with van der Waals surface area (Å²) in [6.07, 6.45) is 0. The summed E-state index contributed by atoms with van der Waals surface area (Å²) < 4.78 is 0. The van der Waals surface area contributed by atoms with Crippen molar-refractivity contribution in [1.82, 2.24) is 10.2 Å². The zero-order valence-corrected chi connectivity index (χ0v) is 18.6. The first kappa shape index (κ1) is 22.9. The molecule has 2 aromatic carbocycles. The Kier molecular flexibility index (Phi) is 8.96. The molecule has 150 valence electrons. The van der Waals surface area contributed by atoms with Gasteiger partial charge in [-0.15, -0.1) is 11.8 Å². The molecule has 0 aliphatic heterocycles. The molecule has 2 amide bonds. The van der Waals surface area contributed by atoms with Crippen molar-refractivity contribution in [2.24, 2.45) is 0 Å². The number of benzene rings is 2. The van der Waals surface area contributed by atoms with Crippen LogP contribution in [0.3, 0.4) is 0 Å². The van der Waals surface area contributed by atoms with Crippen LogP contribution in [0.25, 0.3) is 0 Å². The molecule has 0 saturated carbocycles. The number of halogens is 3. The van der Waals surface area contributed by atoms with Crippen molar-refractivity contribution in [3.63, 3.8) is 0 Å². The van der Waals surface area contributed by atoms with E-state index in [9.17, 15) is 9.59 Å². The lowest BCUT2D eigenvalue weighted by atomic mass is 10.1. The number of amides is 2. The topological polar surface area (TPSA) is 49.4 Å². The highest BCUT2D eigenvalue weighted by Gasteiger charge is 2.25. The second-order valence-corrected chi connectivity index (χ2v) is 8.35. The minimum absolute atomic E-state index is 0.138. The molecule has 0 saturated heterocycles. The lowest BCUT2D eigenvalue weighted by Crippen LogP contribution is -2.47. The minimum Gasteiger partial charge on any atom is -0.357 e. The molecule has 2 rings (SSSR count). The van der Waals surface area contributed by atoms with Crippen LogP contribution in [0.4, 0.5) is 0 Å². The average molecular weight is 460 g/mol. The highest BCUT2D eigenvalue weighted by molar-refractivity contribution is 7.99. The Bertz CT molecular complexity index is 848. The van der Waals surface area contributed by atoms with Gasteiger partial charge in [0.1, 0.15) is 6.04 Å². The van der Waals surface area contributed by atoms with E-state index in [4.69, 9.17) is 34.8 Å². The molecule has 0 aliphatic carbocycles. The lowest BCUT2D eigenvalue weighted by Gasteiger charge is -2.28. The Morgan fingerprint density at radius 1 is 1.07 bits per heavy atom. The smallest absolute Gasteiger partial charge is 0.242 e. The molecule has 4 nitrogen and oxygen atoms in total. The second-order valence-electron chi connectivity index (χ2n) is 6.14. The monoisotopic (exact) mass is 458 g/mol. The molecule has 28 heavy (non-hydrogen) atoms. The molecule has 1 N–H and O–H groups in total. The van der Waals surface area contributed by atoms with E-state index in [1.54, 1.807) is 37.1 Å². The molecule has 0 aliphatic rings. The molecule has 0 heterocycles. The quantitative estimate of drug-likeness (QED) is 0.601. The molecule has 0 fully saturated rings. The molecule has 0 spiro atoms. The summed E-state index contributed by atoms with van der Waals surface area (Å²) in [6.45, 7) is 1.97. The normalized spacial score (nSPS) is 11.8. The van der Waals surface area contributed by atoms with Gasteiger partial charge in [-0.1, -0.05) is 59.1 Å². The van der Waals surface area contributed by atoms with Crippen molar-refractivity contribution >= 4 is 58.4 Å². The van der Waals surface area contributed by atoms with Crippen molar-refractivity contribution in [1.29, 1.82) is 0 Å². The molecule has 8 heteroatoms. The van der Waals surface area contributed by atoms with Gasteiger partial charge in [-0.05, 0) is 36.2 Å². The summed E-state index contributed by atoms with van der Waals surface area (Å²) in [5.74, 6) is 0.471. The molecule has 0 aromatic heterocycles. The summed E-state index contributed by atoms with van der Waals surface area (Å²) in [5.41, 5.74) is 1.77. The zero-order valence-electron chi connectivity index (χ0n) is 15.5. The van der Waals surface area contributed by atoms with E-state index < -0.39 is 6.04 Å². The third kappa shape index (κ3) is 6.31. The Labute approximate surface area is 184 Å². The Morgan fingerprint density at radius 2 is 1.79 bits per heavy atom. The predicted octanol–water partition coefficient (Wildman–Crippen LogP) is 5.04. The summed E-state index contributed by atoms with van der Waals surface area (Å²) in [5, 5.41) is 4.14. The SMILES string of the molecule is CNC(=O)C(C)N(Cc1ccccc1Cl)C(=O)CSCc1ccc(Cl)c(Cl)c1. The van der Waals surface area contributed by atoms with Gasteiger partial charge in [0.05, 0.1) is 15.8 Å². The van der Waals surface area contributed by atoms with Crippen LogP contribution in [0.15, 0.2) is 42.5 Å². The summed E-state index contributed by atoms with van der Waals surface area (Å²) in [7, 11) is 1.55. The van der Waals surface area contributed by atoms with Crippen LogP contribution in [-0.4, -0.2) is 35.6 Å². The van der Waals surface area contributed by atoms with Crippen LogP contribution >= 0.6 is 46.6 Å². The third-order valence-electron chi connectivity index (χ3n) is 4.19. The van der Waals surface area contributed by atoms with Crippen LogP contribution in [0.2, 0.25) is 15.1 Å². The van der Waals surface area contributed by atoms with Crippen LogP contribution in [0.1, 0.15) is 18.1 Å². The van der Waals surface area contributed by atoms with Crippen molar-refractivity contribution in [3.05, 3.63) is 68.7 Å². The fourth-order valence-corrected chi connectivity index (χ4v) is 3.94. The van der Waals surface area contributed by atoms with E-state index in [1.165, 1.54) is 11.8 Å². The number of carbonyl (C=O) groups excluding carboxylic acids is 2. The predicted molar refractivity (Wildman–Crippen MR) is 118 cm³/mol. The molecule has 0 bridgehead atoms. The highest BCUT2D eigenvalue weighted by atomic mass is 35.5.